The van der Waals surface area contributed by atoms with Crippen molar-refractivity contribution in [2.75, 3.05) is 11.4 Å². The molecule has 0 aliphatic rings. The Morgan fingerprint density at radius 1 is 1.29 bits per heavy atom. The fourth-order valence-electron chi connectivity index (χ4n) is 2.34. The zero-order valence-corrected chi connectivity index (χ0v) is 13.9. The number of benzene rings is 1. The zero-order valence-electron chi connectivity index (χ0n) is 13.1. The first-order valence-corrected chi connectivity index (χ1v) is 8.47. The maximum absolute atomic E-state index is 13.0. The first kappa shape index (κ1) is 16.3. The fraction of sp³-hybridized carbons (Fsp3) is 0.235. The molecule has 5 nitrogen and oxygen atoms in total. The van der Waals surface area contributed by atoms with Gasteiger partial charge in [-0.25, -0.2) is 4.39 Å². The van der Waals surface area contributed by atoms with Gasteiger partial charge in [0.2, 0.25) is 17.6 Å². The van der Waals surface area contributed by atoms with Gasteiger partial charge in [0.1, 0.15) is 5.82 Å². The summed E-state index contributed by atoms with van der Waals surface area (Å²) in [6.45, 7) is 2.39. The molecule has 7 heteroatoms. The number of nitrogens with zero attached hydrogens (tertiary/aromatic N) is 3. The van der Waals surface area contributed by atoms with Crippen molar-refractivity contribution in [2.45, 2.75) is 19.8 Å². The van der Waals surface area contributed by atoms with Gasteiger partial charge >= 0.3 is 0 Å². The Bertz CT molecular complexity index is 800. The molecule has 1 amide bonds. The molecule has 3 rings (SSSR count). The molecule has 0 aliphatic heterocycles. The smallest absolute Gasteiger partial charge is 0.227 e. The summed E-state index contributed by atoms with van der Waals surface area (Å²) in [5.74, 6) is 0.578. The molecule has 124 valence electrons. The molecule has 0 aliphatic carbocycles. The number of halogens is 1. The van der Waals surface area contributed by atoms with Crippen LogP contribution in [0.25, 0.3) is 10.7 Å². The normalized spacial score (nSPS) is 10.8. The molecule has 0 saturated carbocycles. The summed E-state index contributed by atoms with van der Waals surface area (Å²) in [5, 5.41) is 5.87. The van der Waals surface area contributed by atoms with Crippen LogP contribution in [0.1, 0.15) is 19.2 Å². The van der Waals surface area contributed by atoms with Crippen molar-refractivity contribution in [3.05, 3.63) is 53.5 Å². The third-order valence-electron chi connectivity index (χ3n) is 3.52. The van der Waals surface area contributed by atoms with E-state index in [9.17, 15) is 9.18 Å². The van der Waals surface area contributed by atoms with Crippen LogP contribution in [-0.2, 0) is 11.2 Å². The molecule has 0 atom stereocenters. The highest BCUT2D eigenvalue weighted by Gasteiger charge is 2.16. The van der Waals surface area contributed by atoms with Crippen molar-refractivity contribution in [3.63, 3.8) is 0 Å². The molecule has 0 bridgehead atoms. The predicted octanol–water partition coefficient (Wildman–Crippen LogP) is 3.92. The number of carbonyl (C=O) groups excluding carboxylic acids is 1. The van der Waals surface area contributed by atoms with Crippen LogP contribution in [0.2, 0.25) is 0 Å². The van der Waals surface area contributed by atoms with Gasteiger partial charge in [0.15, 0.2) is 0 Å². The molecule has 0 saturated heterocycles. The van der Waals surface area contributed by atoms with Crippen LogP contribution in [0.3, 0.4) is 0 Å². The van der Waals surface area contributed by atoms with Gasteiger partial charge in [-0.3, -0.25) is 4.79 Å². The molecule has 0 fully saturated rings. The molecule has 0 unspecified atom stereocenters. The average molecular weight is 345 g/mol. The maximum Gasteiger partial charge on any atom is 0.227 e. The summed E-state index contributed by atoms with van der Waals surface area (Å²) in [4.78, 5) is 19.3. The summed E-state index contributed by atoms with van der Waals surface area (Å²) >= 11 is 1.53. The first-order valence-electron chi connectivity index (χ1n) is 7.59. The van der Waals surface area contributed by atoms with Gasteiger partial charge in [-0.15, -0.1) is 11.3 Å². The lowest BCUT2D eigenvalue weighted by molar-refractivity contribution is -0.118. The minimum absolute atomic E-state index is 0.0695. The Morgan fingerprint density at radius 2 is 2.08 bits per heavy atom. The number of hydrogen-bond donors (Lipinski definition) is 0. The number of aromatic nitrogens is 2. The van der Waals surface area contributed by atoms with Gasteiger partial charge in [-0.1, -0.05) is 11.2 Å². The topological polar surface area (TPSA) is 59.2 Å². The number of amides is 1. The quantitative estimate of drug-likeness (QED) is 0.679. The lowest BCUT2D eigenvalue weighted by Gasteiger charge is -2.20. The molecule has 0 radical (unpaired) electrons. The van der Waals surface area contributed by atoms with Crippen molar-refractivity contribution < 1.29 is 13.7 Å². The molecule has 0 N–H and O–H groups in total. The average Bonchev–Trinajstić information content (AvgIpc) is 3.26. The molecular formula is C17H16FN3O2S. The van der Waals surface area contributed by atoms with Gasteiger partial charge < -0.3 is 9.42 Å². The third-order valence-corrected chi connectivity index (χ3v) is 4.38. The highest BCUT2D eigenvalue weighted by molar-refractivity contribution is 7.13. The summed E-state index contributed by atoms with van der Waals surface area (Å²) in [7, 11) is 0. The van der Waals surface area contributed by atoms with E-state index in [2.05, 4.69) is 10.1 Å². The highest BCUT2D eigenvalue weighted by Crippen LogP contribution is 2.22. The Balaban J connectivity index is 1.63. The molecule has 2 aromatic heterocycles. The van der Waals surface area contributed by atoms with Crippen LogP contribution in [0.4, 0.5) is 10.1 Å². The van der Waals surface area contributed by atoms with Crippen molar-refractivity contribution in [2.24, 2.45) is 0 Å². The van der Waals surface area contributed by atoms with Gasteiger partial charge in [-0.05, 0) is 42.6 Å². The number of thiophene rings is 1. The largest absolute Gasteiger partial charge is 0.339 e. The van der Waals surface area contributed by atoms with Gasteiger partial charge in [0.25, 0.3) is 0 Å². The van der Waals surface area contributed by atoms with Gasteiger partial charge in [0.05, 0.1) is 4.88 Å². The molecular weight excluding hydrogens is 329 g/mol. The van der Waals surface area contributed by atoms with E-state index in [1.54, 1.807) is 17.0 Å². The van der Waals surface area contributed by atoms with E-state index in [1.165, 1.54) is 23.5 Å². The lowest BCUT2D eigenvalue weighted by Crippen LogP contribution is -2.30. The number of aryl methyl sites for hydroxylation is 1. The summed E-state index contributed by atoms with van der Waals surface area (Å²) in [6, 6.07) is 9.71. The number of hydrogen-bond acceptors (Lipinski definition) is 5. The Labute approximate surface area is 142 Å². The Morgan fingerprint density at radius 3 is 2.75 bits per heavy atom. The molecule has 3 aromatic rings. The number of carbonyl (C=O) groups is 1. The van der Waals surface area contributed by atoms with Crippen LogP contribution in [-0.4, -0.2) is 22.6 Å². The number of rotatable bonds is 6. The SMILES string of the molecule is CCN(C(=O)CCc1nc(-c2cccs2)no1)c1ccc(F)cc1. The van der Waals surface area contributed by atoms with E-state index in [4.69, 9.17) is 4.52 Å². The Kier molecular flexibility index (Phi) is 5.00. The van der Waals surface area contributed by atoms with Crippen LogP contribution >= 0.6 is 11.3 Å². The Hall–Kier alpha value is -2.54. The van der Waals surface area contributed by atoms with Crippen molar-refractivity contribution in [3.8, 4) is 10.7 Å². The van der Waals surface area contributed by atoms with E-state index in [0.29, 0.717) is 30.4 Å². The molecule has 24 heavy (non-hydrogen) atoms. The number of anilines is 1. The van der Waals surface area contributed by atoms with Crippen LogP contribution < -0.4 is 4.90 Å². The van der Waals surface area contributed by atoms with E-state index >= 15 is 0 Å². The monoisotopic (exact) mass is 345 g/mol. The second-order valence-corrected chi connectivity index (χ2v) is 6.05. The van der Waals surface area contributed by atoms with E-state index in [1.807, 2.05) is 24.4 Å². The molecule has 0 spiro atoms. The van der Waals surface area contributed by atoms with Crippen LogP contribution in [0.5, 0.6) is 0 Å². The lowest BCUT2D eigenvalue weighted by atomic mass is 10.2. The highest BCUT2D eigenvalue weighted by atomic mass is 32.1. The molecule has 1 aromatic carbocycles. The van der Waals surface area contributed by atoms with Crippen molar-refractivity contribution in [1.29, 1.82) is 0 Å². The minimum atomic E-state index is -0.325. The van der Waals surface area contributed by atoms with E-state index in [0.717, 1.165) is 4.88 Å². The summed E-state index contributed by atoms with van der Waals surface area (Å²) in [5.41, 5.74) is 0.675. The van der Waals surface area contributed by atoms with Crippen molar-refractivity contribution >= 4 is 22.9 Å². The second kappa shape index (κ2) is 7.35. The standard InChI is InChI=1S/C17H16FN3O2S/c1-2-21(13-7-5-12(18)6-8-13)16(22)10-9-15-19-17(20-23-15)14-4-3-11-24-14/h3-8,11H,2,9-10H2,1H3. The second-order valence-electron chi connectivity index (χ2n) is 5.10. The van der Waals surface area contributed by atoms with Crippen LogP contribution in [0, 0.1) is 5.82 Å². The zero-order chi connectivity index (χ0) is 16.9. The summed E-state index contributed by atoms with van der Waals surface area (Å²) in [6.07, 6.45) is 0.617. The fourth-order valence-corrected chi connectivity index (χ4v) is 2.98. The van der Waals surface area contributed by atoms with E-state index in [-0.39, 0.29) is 18.1 Å². The molecule has 2 heterocycles. The van der Waals surface area contributed by atoms with Crippen molar-refractivity contribution in [1.82, 2.24) is 10.1 Å². The first-order chi connectivity index (χ1) is 11.7. The van der Waals surface area contributed by atoms with Crippen LogP contribution in [0.15, 0.2) is 46.3 Å². The summed E-state index contributed by atoms with van der Waals surface area (Å²) < 4.78 is 18.2. The predicted molar refractivity (Wildman–Crippen MR) is 90.4 cm³/mol. The van der Waals surface area contributed by atoms with Gasteiger partial charge in [-0.2, -0.15) is 4.98 Å². The van der Waals surface area contributed by atoms with E-state index < -0.39 is 0 Å². The minimum Gasteiger partial charge on any atom is -0.339 e. The van der Waals surface area contributed by atoms with Gasteiger partial charge in [0, 0.05) is 25.1 Å². The maximum atomic E-state index is 13.0. The third kappa shape index (κ3) is 3.68.